The second kappa shape index (κ2) is 9.51. The van der Waals surface area contributed by atoms with Gasteiger partial charge < -0.3 is 20.1 Å². The molecule has 1 aromatic carbocycles. The normalized spacial score (nSPS) is 16.1. The zero-order chi connectivity index (χ0) is 20.9. The quantitative estimate of drug-likeness (QED) is 0.575. The summed E-state index contributed by atoms with van der Waals surface area (Å²) >= 11 is 1.37. The van der Waals surface area contributed by atoms with Gasteiger partial charge in [0.15, 0.2) is 0 Å². The van der Waals surface area contributed by atoms with Crippen molar-refractivity contribution in [3.05, 3.63) is 52.7 Å². The molecule has 158 valence electrons. The van der Waals surface area contributed by atoms with Gasteiger partial charge in [-0.05, 0) is 30.9 Å². The molecule has 0 unspecified atom stereocenters. The highest BCUT2D eigenvalue weighted by Crippen LogP contribution is 2.34. The van der Waals surface area contributed by atoms with Crippen LogP contribution in [0.2, 0.25) is 0 Å². The molecular weight excluding hydrogens is 400 g/mol. The molecule has 1 aliphatic heterocycles. The Morgan fingerprint density at radius 3 is 2.90 bits per heavy atom. The maximum absolute atomic E-state index is 13.3. The van der Waals surface area contributed by atoms with Gasteiger partial charge >= 0.3 is 0 Å². The average molecular weight is 427 g/mol. The second-order valence-electron chi connectivity index (χ2n) is 7.41. The predicted molar refractivity (Wildman–Crippen MR) is 118 cm³/mol. The zero-order valence-electron chi connectivity index (χ0n) is 17.0. The highest BCUT2D eigenvalue weighted by molar-refractivity contribution is 7.20. The Kier molecular flexibility index (Phi) is 6.56. The molecule has 2 aromatic heterocycles. The van der Waals surface area contributed by atoms with E-state index in [1.807, 2.05) is 37.3 Å². The molecule has 0 saturated carbocycles. The van der Waals surface area contributed by atoms with E-state index in [9.17, 15) is 9.90 Å². The van der Waals surface area contributed by atoms with Crippen molar-refractivity contribution in [1.82, 2.24) is 14.9 Å². The molecule has 1 fully saturated rings. The van der Waals surface area contributed by atoms with E-state index in [0.717, 1.165) is 46.6 Å². The van der Waals surface area contributed by atoms with Crippen LogP contribution in [-0.2, 0) is 11.3 Å². The Morgan fingerprint density at radius 2 is 2.17 bits per heavy atom. The van der Waals surface area contributed by atoms with Crippen molar-refractivity contribution in [2.45, 2.75) is 32.4 Å². The van der Waals surface area contributed by atoms with Crippen molar-refractivity contribution in [2.75, 3.05) is 31.6 Å². The van der Waals surface area contributed by atoms with Gasteiger partial charge in [0.1, 0.15) is 17.0 Å². The number of aliphatic hydroxyl groups is 1. The van der Waals surface area contributed by atoms with Gasteiger partial charge in [0.05, 0.1) is 23.0 Å². The molecule has 8 heteroatoms. The Balaban J connectivity index is 1.59. The van der Waals surface area contributed by atoms with Gasteiger partial charge in [0.2, 0.25) is 0 Å². The van der Waals surface area contributed by atoms with Gasteiger partial charge in [-0.3, -0.25) is 4.79 Å². The number of aromatic nitrogens is 2. The second-order valence-corrected chi connectivity index (χ2v) is 8.41. The highest BCUT2D eigenvalue weighted by atomic mass is 32.1. The number of ether oxygens (including phenoxy) is 1. The van der Waals surface area contributed by atoms with Crippen molar-refractivity contribution in [3.63, 3.8) is 0 Å². The lowest BCUT2D eigenvalue weighted by Crippen LogP contribution is -2.33. The van der Waals surface area contributed by atoms with Crippen LogP contribution in [0.1, 0.15) is 33.6 Å². The molecule has 2 N–H and O–H groups in total. The number of nitrogens with one attached hydrogen (secondary N) is 1. The van der Waals surface area contributed by atoms with Crippen molar-refractivity contribution in [1.29, 1.82) is 0 Å². The van der Waals surface area contributed by atoms with E-state index in [2.05, 4.69) is 15.3 Å². The molecule has 0 spiro atoms. The average Bonchev–Trinajstić information content (AvgIpc) is 3.40. The summed E-state index contributed by atoms with van der Waals surface area (Å²) in [5, 5.41) is 13.8. The van der Waals surface area contributed by atoms with Crippen molar-refractivity contribution >= 4 is 33.3 Å². The summed E-state index contributed by atoms with van der Waals surface area (Å²) in [4.78, 5) is 25.2. The first kappa shape index (κ1) is 20.7. The Bertz CT molecular complexity index is 1000. The first-order valence-corrected chi connectivity index (χ1v) is 11.0. The number of nitrogens with zero attached hydrogens (tertiary/aromatic N) is 3. The number of thiophene rings is 1. The molecule has 1 aliphatic rings. The van der Waals surface area contributed by atoms with E-state index in [1.165, 1.54) is 17.7 Å². The van der Waals surface area contributed by atoms with E-state index in [0.29, 0.717) is 18.0 Å². The molecule has 30 heavy (non-hydrogen) atoms. The van der Waals surface area contributed by atoms with E-state index < -0.39 is 0 Å². The fraction of sp³-hybridized carbons (Fsp3) is 0.409. The Morgan fingerprint density at radius 1 is 1.33 bits per heavy atom. The molecule has 3 aromatic rings. The largest absolute Gasteiger partial charge is 0.395 e. The number of aliphatic hydroxyl groups excluding tert-OH is 1. The molecule has 1 atom stereocenters. The van der Waals surface area contributed by atoms with Crippen LogP contribution in [0.4, 0.5) is 5.82 Å². The zero-order valence-corrected chi connectivity index (χ0v) is 17.8. The number of aryl methyl sites for hydroxylation is 1. The molecular formula is C22H26N4O3S. The van der Waals surface area contributed by atoms with E-state index in [4.69, 9.17) is 4.74 Å². The first-order chi connectivity index (χ1) is 14.7. The summed E-state index contributed by atoms with van der Waals surface area (Å²) in [5.74, 6) is 0.638. The summed E-state index contributed by atoms with van der Waals surface area (Å²) < 4.78 is 5.69. The third kappa shape index (κ3) is 4.45. The predicted octanol–water partition coefficient (Wildman–Crippen LogP) is 3.23. The van der Waals surface area contributed by atoms with Gasteiger partial charge in [-0.2, -0.15) is 0 Å². The summed E-state index contributed by atoms with van der Waals surface area (Å²) in [6.07, 6.45) is 3.85. The van der Waals surface area contributed by atoms with Gasteiger partial charge in [-0.15, -0.1) is 11.3 Å². The molecule has 1 saturated heterocycles. The maximum atomic E-state index is 13.3. The fourth-order valence-electron chi connectivity index (χ4n) is 3.75. The number of carbonyl (C=O) groups excluding carboxylic acids is 1. The fourth-order valence-corrected chi connectivity index (χ4v) is 4.86. The molecule has 1 amide bonds. The van der Waals surface area contributed by atoms with Crippen molar-refractivity contribution in [2.24, 2.45) is 0 Å². The van der Waals surface area contributed by atoms with Gasteiger partial charge in [0.25, 0.3) is 5.91 Å². The van der Waals surface area contributed by atoms with Crippen LogP contribution in [0.5, 0.6) is 0 Å². The van der Waals surface area contributed by atoms with E-state index in [1.54, 1.807) is 4.90 Å². The number of hydrogen-bond donors (Lipinski definition) is 2. The summed E-state index contributed by atoms with van der Waals surface area (Å²) in [5.41, 5.74) is 1.89. The highest BCUT2D eigenvalue weighted by Gasteiger charge is 2.24. The van der Waals surface area contributed by atoms with E-state index >= 15 is 0 Å². The number of amides is 1. The standard InChI is InChI=1S/C22H26N4O3S/c1-15-18-20(23-12-17-8-5-11-29-17)24-14-25-21(18)30-19(15)22(28)26(9-10-27)13-16-6-3-2-4-7-16/h2-4,6-7,14,17,27H,5,8-13H2,1H3,(H,23,24,25)/t17-/m1/s1. The molecule has 7 nitrogen and oxygen atoms in total. The minimum absolute atomic E-state index is 0.0868. The molecule has 0 radical (unpaired) electrons. The molecule has 4 rings (SSSR count). The molecule has 3 heterocycles. The van der Waals surface area contributed by atoms with Gasteiger partial charge in [-0.25, -0.2) is 9.97 Å². The smallest absolute Gasteiger partial charge is 0.264 e. The van der Waals surface area contributed by atoms with Crippen LogP contribution in [0, 0.1) is 6.92 Å². The van der Waals surface area contributed by atoms with Crippen molar-refractivity contribution < 1.29 is 14.6 Å². The third-order valence-electron chi connectivity index (χ3n) is 5.32. The van der Waals surface area contributed by atoms with Crippen molar-refractivity contribution in [3.8, 4) is 0 Å². The lowest BCUT2D eigenvalue weighted by Gasteiger charge is -2.21. The minimum atomic E-state index is -0.0986. The summed E-state index contributed by atoms with van der Waals surface area (Å²) in [6.45, 7) is 4.07. The lowest BCUT2D eigenvalue weighted by atomic mass is 10.1. The topological polar surface area (TPSA) is 87.6 Å². The Hall–Kier alpha value is -2.55. The van der Waals surface area contributed by atoms with Gasteiger partial charge in [0, 0.05) is 26.2 Å². The number of anilines is 1. The van der Waals surface area contributed by atoms with Crippen LogP contribution < -0.4 is 5.32 Å². The number of hydrogen-bond acceptors (Lipinski definition) is 7. The van der Waals surface area contributed by atoms with Crippen LogP contribution >= 0.6 is 11.3 Å². The first-order valence-electron chi connectivity index (χ1n) is 10.2. The van der Waals surface area contributed by atoms with Gasteiger partial charge in [-0.1, -0.05) is 30.3 Å². The molecule has 0 bridgehead atoms. The summed E-state index contributed by atoms with van der Waals surface area (Å²) in [7, 11) is 0. The number of fused-ring (bicyclic) bond motifs is 1. The monoisotopic (exact) mass is 426 g/mol. The molecule has 0 aliphatic carbocycles. The SMILES string of the molecule is Cc1c(C(=O)N(CCO)Cc2ccccc2)sc2ncnc(NC[C@H]3CCCO3)c12. The van der Waals surface area contributed by atoms with Crippen LogP contribution in [-0.4, -0.2) is 58.3 Å². The lowest BCUT2D eigenvalue weighted by molar-refractivity contribution is 0.0712. The number of rotatable bonds is 8. The Labute approximate surface area is 179 Å². The van der Waals surface area contributed by atoms with Crippen LogP contribution in [0.15, 0.2) is 36.7 Å². The van der Waals surface area contributed by atoms with Crippen LogP contribution in [0.3, 0.4) is 0 Å². The summed E-state index contributed by atoms with van der Waals surface area (Å²) in [6, 6.07) is 9.80. The number of benzene rings is 1. The number of carbonyl (C=O) groups is 1. The maximum Gasteiger partial charge on any atom is 0.264 e. The third-order valence-corrected chi connectivity index (χ3v) is 6.50. The van der Waals surface area contributed by atoms with Crippen LogP contribution in [0.25, 0.3) is 10.2 Å². The minimum Gasteiger partial charge on any atom is -0.395 e. The van der Waals surface area contributed by atoms with E-state index in [-0.39, 0.29) is 25.2 Å².